The van der Waals surface area contributed by atoms with E-state index in [1.54, 1.807) is 12.3 Å². The van der Waals surface area contributed by atoms with E-state index in [9.17, 15) is 12.8 Å². The minimum absolute atomic E-state index is 0.195. The second kappa shape index (κ2) is 5.43. The molecule has 0 spiro atoms. The molecule has 0 radical (unpaired) electrons. The molecule has 0 fully saturated rings. The molecule has 20 heavy (non-hydrogen) atoms. The Balaban J connectivity index is 2.50. The number of hydrogen-bond donors (Lipinski definition) is 2. The fourth-order valence-electron chi connectivity index (χ4n) is 1.54. The van der Waals surface area contributed by atoms with E-state index in [-0.39, 0.29) is 20.6 Å². The van der Waals surface area contributed by atoms with Gasteiger partial charge in [-0.15, -0.1) is 11.3 Å². The summed E-state index contributed by atoms with van der Waals surface area (Å²) < 4.78 is 40.5. The zero-order chi connectivity index (χ0) is 14.9. The molecule has 106 valence electrons. The van der Waals surface area contributed by atoms with Crippen LogP contribution in [0.25, 0.3) is 0 Å². The molecule has 0 aliphatic heterocycles. The fraction of sp³-hybridized carbons (Fsp3) is 0.0909. The van der Waals surface area contributed by atoms with Gasteiger partial charge in [-0.3, -0.25) is 4.72 Å². The molecule has 0 aliphatic rings. The molecule has 2 aromatic rings. The minimum atomic E-state index is -4.01. The number of rotatable bonds is 4. The Bertz CT molecular complexity index is 771. The minimum Gasteiger partial charge on any atom is -0.389 e. The molecule has 0 saturated heterocycles. The van der Waals surface area contributed by atoms with Crippen LogP contribution in [0.5, 0.6) is 0 Å². The van der Waals surface area contributed by atoms with Crippen LogP contribution < -0.4 is 10.5 Å². The number of aromatic nitrogens is 1. The normalized spacial score (nSPS) is 11.3. The van der Waals surface area contributed by atoms with Crippen LogP contribution in [0.2, 0.25) is 0 Å². The average Bonchev–Trinajstić information content (AvgIpc) is 2.73. The van der Waals surface area contributed by atoms with E-state index in [4.69, 9.17) is 18.0 Å². The lowest BCUT2D eigenvalue weighted by Gasteiger charge is -2.10. The molecule has 1 aromatic carbocycles. The summed E-state index contributed by atoms with van der Waals surface area (Å²) in [5.74, 6) is -0.782. The third kappa shape index (κ3) is 2.94. The maximum absolute atomic E-state index is 13.7. The van der Waals surface area contributed by atoms with Crippen molar-refractivity contribution in [1.82, 2.24) is 4.98 Å². The van der Waals surface area contributed by atoms with Crippen LogP contribution in [-0.2, 0) is 10.0 Å². The molecule has 0 atom stereocenters. The first kappa shape index (κ1) is 14.8. The number of anilines is 1. The van der Waals surface area contributed by atoms with Crippen molar-refractivity contribution >= 4 is 43.7 Å². The topological polar surface area (TPSA) is 85.1 Å². The first-order chi connectivity index (χ1) is 9.31. The summed E-state index contributed by atoms with van der Waals surface area (Å²) in [7, 11) is -4.01. The van der Waals surface area contributed by atoms with Crippen molar-refractivity contribution in [3.05, 3.63) is 40.7 Å². The van der Waals surface area contributed by atoms with E-state index in [2.05, 4.69) is 9.71 Å². The lowest BCUT2D eigenvalue weighted by atomic mass is 10.2. The molecular weight excluding hydrogens is 321 g/mol. The smallest absolute Gasteiger partial charge is 0.264 e. The highest BCUT2D eigenvalue weighted by molar-refractivity contribution is 7.93. The first-order valence-corrected chi connectivity index (χ1v) is 8.11. The molecule has 1 heterocycles. The van der Waals surface area contributed by atoms with E-state index < -0.39 is 15.8 Å². The molecular formula is C11H10FN3O2S3. The number of nitrogens with two attached hydrogens (primary N) is 1. The van der Waals surface area contributed by atoms with Crippen LogP contribution >= 0.6 is 23.6 Å². The number of thiocarbonyl (C=S) groups is 1. The van der Waals surface area contributed by atoms with Gasteiger partial charge < -0.3 is 5.73 Å². The zero-order valence-corrected chi connectivity index (χ0v) is 12.7. The number of aryl methyl sites for hydroxylation is 1. The Morgan fingerprint density at radius 3 is 2.75 bits per heavy atom. The molecule has 3 N–H and O–H groups in total. The third-order valence-corrected chi connectivity index (χ3v) is 4.94. The Morgan fingerprint density at radius 1 is 1.50 bits per heavy atom. The number of thiazole rings is 1. The molecule has 0 bridgehead atoms. The van der Waals surface area contributed by atoms with Crippen LogP contribution in [-0.4, -0.2) is 18.4 Å². The van der Waals surface area contributed by atoms with E-state index in [1.165, 1.54) is 12.1 Å². The van der Waals surface area contributed by atoms with Crippen molar-refractivity contribution in [2.24, 2.45) is 5.73 Å². The van der Waals surface area contributed by atoms with Gasteiger partial charge in [0.25, 0.3) is 10.0 Å². The van der Waals surface area contributed by atoms with Crippen molar-refractivity contribution in [3.8, 4) is 0 Å². The standard InChI is InChI=1S/C11H10FN3O2S3/c1-6-5-19-11(14-6)15-20(16,17)8-4-2-3-7(12)9(8)10(13)18/h2-5H,1H3,(H2,13,18)(H,14,15). The lowest BCUT2D eigenvalue weighted by Crippen LogP contribution is -2.21. The largest absolute Gasteiger partial charge is 0.389 e. The van der Waals surface area contributed by atoms with Gasteiger partial charge >= 0.3 is 0 Å². The Labute approximate surface area is 124 Å². The summed E-state index contributed by atoms with van der Waals surface area (Å²) in [6, 6.07) is 3.61. The Hall–Kier alpha value is -1.58. The monoisotopic (exact) mass is 331 g/mol. The summed E-state index contributed by atoms with van der Waals surface area (Å²) in [6.45, 7) is 1.73. The number of nitrogens with zero attached hydrogens (tertiary/aromatic N) is 1. The Kier molecular flexibility index (Phi) is 4.02. The second-order valence-electron chi connectivity index (χ2n) is 3.88. The van der Waals surface area contributed by atoms with Crippen LogP contribution in [0.1, 0.15) is 11.3 Å². The summed E-state index contributed by atoms with van der Waals surface area (Å²) >= 11 is 5.84. The Morgan fingerprint density at radius 2 is 2.20 bits per heavy atom. The predicted octanol–water partition coefficient (Wildman–Crippen LogP) is 2.03. The van der Waals surface area contributed by atoms with Crippen molar-refractivity contribution in [1.29, 1.82) is 0 Å². The van der Waals surface area contributed by atoms with Gasteiger partial charge in [0.15, 0.2) is 5.13 Å². The van der Waals surface area contributed by atoms with Crippen LogP contribution in [0.15, 0.2) is 28.5 Å². The van der Waals surface area contributed by atoms with E-state index in [0.29, 0.717) is 5.69 Å². The van der Waals surface area contributed by atoms with E-state index >= 15 is 0 Å². The molecule has 0 aliphatic carbocycles. The second-order valence-corrected chi connectivity index (χ2v) is 6.83. The van der Waals surface area contributed by atoms with Gasteiger partial charge in [-0.2, -0.15) is 0 Å². The van der Waals surface area contributed by atoms with E-state index in [1.807, 2.05) is 0 Å². The molecule has 2 rings (SSSR count). The fourth-order valence-corrected chi connectivity index (χ4v) is 3.98. The van der Waals surface area contributed by atoms with Gasteiger partial charge in [0.1, 0.15) is 15.7 Å². The highest BCUT2D eigenvalue weighted by Crippen LogP contribution is 2.23. The number of benzene rings is 1. The van der Waals surface area contributed by atoms with Crippen LogP contribution in [0.3, 0.4) is 0 Å². The highest BCUT2D eigenvalue weighted by Gasteiger charge is 2.23. The van der Waals surface area contributed by atoms with Gasteiger partial charge in [-0.25, -0.2) is 17.8 Å². The zero-order valence-electron chi connectivity index (χ0n) is 10.3. The van der Waals surface area contributed by atoms with Gasteiger partial charge in [0, 0.05) is 5.38 Å². The lowest BCUT2D eigenvalue weighted by molar-refractivity contribution is 0.594. The van der Waals surface area contributed by atoms with Crippen LogP contribution in [0.4, 0.5) is 9.52 Å². The number of halogens is 1. The highest BCUT2D eigenvalue weighted by atomic mass is 32.2. The van der Waals surface area contributed by atoms with Crippen molar-refractivity contribution < 1.29 is 12.8 Å². The van der Waals surface area contributed by atoms with Crippen molar-refractivity contribution in [2.45, 2.75) is 11.8 Å². The summed E-state index contributed by atoms with van der Waals surface area (Å²) in [5, 5.41) is 1.89. The molecule has 0 saturated carbocycles. The first-order valence-electron chi connectivity index (χ1n) is 5.34. The third-order valence-electron chi connectivity index (χ3n) is 2.35. The summed E-state index contributed by atoms with van der Waals surface area (Å²) in [4.78, 5) is 3.36. The molecule has 5 nitrogen and oxygen atoms in total. The molecule has 0 amide bonds. The molecule has 0 unspecified atom stereocenters. The van der Waals surface area contributed by atoms with Crippen LogP contribution in [0, 0.1) is 12.7 Å². The van der Waals surface area contributed by atoms with Gasteiger partial charge in [-0.1, -0.05) is 18.3 Å². The van der Waals surface area contributed by atoms with E-state index in [0.717, 1.165) is 17.4 Å². The predicted molar refractivity (Wildman–Crippen MR) is 79.9 cm³/mol. The summed E-state index contributed by atoms with van der Waals surface area (Å²) in [5.41, 5.74) is 5.78. The van der Waals surface area contributed by atoms with Gasteiger partial charge in [0.2, 0.25) is 0 Å². The number of nitrogens with one attached hydrogen (secondary N) is 1. The molecule has 1 aromatic heterocycles. The van der Waals surface area contributed by atoms with Crippen molar-refractivity contribution in [2.75, 3.05) is 4.72 Å². The number of hydrogen-bond acceptors (Lipinski definition) is 5. The maximum Gasteiger partial charge on any atom is 0.264 e. The van der Waals surface area contributed by atoms with Gasteiger partial charge in [-0.05, 0) is 19.1 Å². The molecule has 9 heteroatoms. The quantitative estimate of drug-likeness (QED) is 0.837. The maximum atomic E-state index is 13.7. The van der Waals surface area contributed by atoms with Gasteiger partial charge in [0.05, 0.1) is 11.3 Å². The van der Waals surface area contributed by atoms with Crippen molar-refractivity contribution in [3.63, 3.8) is 0 Å². The summed E-state index contributed by atoms with van der Waals surface area (Å²) in [6.07, 6.45) is 0. The number of sulfonamides is 1. The average molecular weight is 331 g/mol. The SMILES string of the molecule is Cc1csc(NS(=O)(=O)c2cccc(F)c2C(N)=S)n1.